The van der Waals surface area contributed by atoms with Crippen molar-refractivity contribution in [1.29, 1.82) is 0 Å². The Balaban J connectivity index is 1.87. The first kappa shape index (κ1) is 16.4. The van der Waals surface area contributed by atoms with Crippen molar-refractivity contribution in [3.05, 3.63) is 35.1 Å². The van der Waals surface area contributed by atoms with Crippen LogP contribution in [0, 0.1) is 12.7 Å². The normalized spacial score (nSPS) is 25.8. The smallest absolute Gasteiger partial charge is 0.243 e. The summed E-state index contributed by atoms with van der Waals surface area (Å²) in [5.74, 6) is 0.128. The molecule has 0 N–H and O–H groups in total. The van der Waals surface area contributed by atoms with Crippen LogP contribution in [0.2, 0.25) is 0 Å². The molecule has 1 atom stereocenters. The van der Waals surface area contributed by atoms with E-state index < -0.39 is 5.54 Å². The van der Waals surface area contributed by atoms with E-state index in [-0.39, 0.29) is 17.8 Å². The Morgan fingerprint density at radius 2 is 1.91 bits per heavy atom. The van der Waals surface area contributed by atoms with Gasteiger partial charge in [-0.3, -0.25) is 9.69 Å². The molecule has 1 aromatic carbocycles. The molecule has 2 saturated heterocycles. The second-order valence-corrected chi connectivity index (χ2v) is 7.30. The SMILES string of the molecule is Cc1cccc(CN2CCCC23CCCN(C(C)C)C3=O)c1F. The Labute approximate surface area is 138 Å². The largest absolute Gasteiger partial charge is 0.339 e. The zero-order chi connectivity index (χ0) is 16.6. The number of hydrogen-bond donors (Lipinski definition) is 0. The van der Waals surface area contributed by atoms with Crippen molar-refractivity contribution in [1.82, 2.24) is 9.80 Å². The summed E-state index contributed by atoms with van der Waals surface area (Å²) in [5, 5.41) is 0. The fourth-order valence-electron chi connectivity index (χ4n) is 4.24. The fraction of sp³-hybridized carbons (Fsp3) is 0.632. The van der Waals surface area contributed by atoms with Gasteiger partial charge in [-0.1, -0.05) is 18.2 Å². The lowest BCUT2D eigenvalue weighted by molar-refractivity contribution is -0.149. The molecule has 0 aliphatic carbocycles. The minimum Gasteiger partial charge on any atom is -0.339 e. The van der Waals surface area contributed by atoms with Gasteiger partial charge < -0.3 is 4.90 Å². The van der Waals surface area contributed by atoms with E-state index in [1.54, 1.807) is 13.0 Å². The Morgan fingerprint density at radius 3 is 2.61 bits per heavy atom. The molecule has 1 spiro atoms. The highest BCUT2D eigenvalue weighted by Crippen LogP contribution is 2.39. The summed E-state index contributed by atoms with van der Waals surface area (Å²) in [4.78, 5) is 17.4. The second-order valence-electron chi connectivity index (χ2n) is 7.30. The Hall–Kier alpha value is -1.42. The third-order valence-corrected chi connectivity index (χ3v) is 5.53. The van der Waals surface area contributed by atoms with Gasteiger partial charge >= 0.3 is 0 Å². The number of piperidine rings is 1. The van der Waals surface area contributed by atoms with Crippen LogP contribution in [0.1, 0.15) is 50.7 Å². The molecule has 2 aliphatic heterocycles. The fourth-order valence-corrected chi connectivity index (χ4v) is 4.24. The highest BCUT2D eigenvalue weighted by molar-refractivity contribution is 5.87. The van der Waals surface area contributed by atoms with Gasteiger partial charge in [0.1, 0.15) is 11.4 Å². The first-order valence-corrected chi connectivity index (χ1v) is 8.76. The van der Waals surface area contributed by atoms with E-state index in [1.807, 2.05) is 17.0 Å². The Morgan fingerprint density at radius 1 is 1.22 bits per heavy atom. The maximum atomic E-state index is 14.4. The van der Waals surface area contributed by atoms with Gasteiger partial charge in [0, 0.05) is 24.7 Å². The van der Waals surface area contributed by atoms with Gasteiger partial charge in [0.2, 0.25) is 5.91 Å². The standard InChI is InChI=1S/C19H27FN2O/c1-14(2)22-12-6-10-19(18(22)23)9-5-11-21(19)13-16-8-4-7-15(3)17(16)20/h4,7-8,14H,5-6,9-13H2,1-3H3. The van der Waals surface area contributed by atoms with Crippen LogP contribution >= 0.6 is 0 Å². The van der Waals surface area contributed by atoms with E-state index in [0.717, 1.165) is 38.8 Å². The molecule has 1 aromatic rings. The lowest BCUT2D eigenvalue weighted by Gasteiger charge is -2.46. The molecule has 126 valence electrons. The van der Waals surface area contributed by atoms with Crippen LogP contribution in [0.5, 0.6) is 0 Å². The van der Waals surface area contributed by atoms with Crippen LogP contribution in [-0.2, 0) is 11.3 Å². The molecule has 0 bridgehead atoms. The quantitative estimate of drug-likeness (QED) is 0.851. The van der Waals surface area contributed by atoms with E-state index in [0.29, 0.717) is 17.7 Å². The van der Waals surface area contributed by atoms with Gasteiger partial charge in [-0.05, 0) is 58.6 Å². The van der Waals surface area contributed by atoms with Crippen molar-refractivity contribution in [2.45, 2.75) is 64.6 Å². The molecule has 1 unspecified atom stereocenters. The maximum Gasteiger partial charge on any atom is 0.243 e. The number of rotatable bonds is 3. The number of nitrogens with zero attached hydrogens (tertiary/aromatic N) is 2. The highest BCUT2D eigenvalue weighted by Gasteiger charge is 2.51. The molecule has 23 heavy (non-hydrogen) atoms. The van der Waals surface area contributed by atoms with Gasteiger partial charge in [-0.15, -0.1) is 0 Å². The molecule has 2 aliphatic rings. The molecular weight excluding hydrogens is 291 g/mol. The Kier molecular flexibility index (Phi) is 4.45. The van der Waals surface area contributed by atoms with Crippen molar-refractivity contribution >= 4 is 5.91 Å². The number of carbonyl (C=O) groups is 1. The van der Waals surface area contributed by atoms with Gasteiger partial charge in [0.15, 0.2) is 0 Å². The number of carbonyl (C=O) groups excluding carboxylic acids is 1. The van der Waals surface area contributed by atoms with Crippen molar-refractivity contribution < 1.29 is 9.18 Å². The van der Waals surface area contributed by atoms with Gasteiger partial charge in [0.05, 0.1) is 0 Å². The highest BCUT2D eigenvalue weighted by atomic mass is 19.1. The molecule has 0 aromatic heterocycles. The molecule has 4 heteroatoms. The summed E-state index contributed by atoms with van der Waals surface area (Å²) in [5.41, 5.74) is 0.980. The zero-order valence-electron chi connectivity index (χ0n) is 14.4. The predicted molar refractivity (Wildman–Crippen MR) is 89.6 cm³/mol. The maximum absolute atomic E-state index is 14.4. The molecule has 0 saturated carbocycles. The van der Waals surface area contributed by atoms with Crippen LogP contribution in [0.15, 0.2) is 18.2 Å². The van der Waals surface area contributed by atoms with Crippen molar-refractivity contribution in [3.8, 4) is 0 Å². The van der Waals surface area contributed by atoms with Crippen LogP contribution in [-0.4, -0.2) is 40.4 Å². The van der Waals surface area contributed by atoms with Crippen LogP contribution in [0.25, 0.3) is 0 Å². The van der Waals surface area contributed by atoms with Crippen LogP contribution < -0.4 is 0 Å². The first-order chi connectivity index (χ1) is 11.0. The monoisotopic (exact) mass is 318 g/mol. The second kappa shape index (κ2) is 6.23. The summed E-state index contributed by atoms with van der Waals surface area (Å²) in [7, 11) is 0. The summed E-state index contributed by atoms with van der Waals surface area (Å²) in [6.45, 7) is 8.22. The summed E-state index contributed by atoms with van der Waals surface area (Å²) in [6, 6.07) is 5.78. The third-order valence-electron chi connectivity index (χ3n) is 5.53. The number of likely N-dealkylation sites (tertiary alicyclic amines) is 2. The number of hydrogen-bond acceptors (Lipinski definition) is 2. The van der Waals surface area contributed by atoms with Crippen LogP contribution in [0.4, 0.5) is 4.39 Å². The van der Waals surface area contributed by atoms with E-state index in [2.05, 4.69) is 18.7 Å². The predicted octanol–water partition coefficient (Wildman–Crippen LogP) is 3.50. The lowest BCUT2D eigenvalue weighted by atomic mass is 9.84. The molecule has 0 radical (unpaired) electrons. The average molecular weight is 318 g/mol. The van der Waals surface area contributed by atoms with Crippen molar-refractivity contribution in [2.75, 3.05) is 13.1 Å². The molecule has 1 amide bonds. The summed E-state index contributed by atoms with van der Waals surface area (Å²) >= 11 is 0. The van der Waals surface area contributed by atoms with Gasteiger partial charge in [-0.25, -0.2) is 4.39 Å². The Bertz CT molecular complexity index is 601. The average Bonchev–Trinajstić information content (AvgIpc) is 2.90. The van der Waals surface area contributed by atoms with E-state index in [1.165, 1.54) is 0 Å². The lowest BCUT2D eigenvalue weighted by Crippen LogP contribution is -2.61. The zero-order valence-corrected chi connectivity index (χ0v) is 14.4. The first-order valence-electron chi connectivity index (χ1n) is 8.76. The molecular formula is C19H27FN2O. The topological polar surface area (TPSA) is 23.6 Å². The van der Waals surface area contributed by atoms with Crippen LogP contribution in [0.3, 0.4) is 0 Å². The minimum atomic E-state index is -0.404. The van der Waals surface area contributed by atoms with E-state index in [4.69, 9.17) is 0 Å². The van der Waals surface area contributed by atoms with Crippen molar-refractivity contribution in [3.63, 3.8) is 0 Å². The molecule has 3 rings (SSSR count). The third kappa shape index (κ3) is 2.78. The van der Waals surface area contributed by atoms with Gasteiger partial charge in [-0.2, -0.15) is 0 Å². The number of benzene rings is 1. The molecule has 2 heterocycles. The van der Waals surface area contributed by atoms with E-state index >= 15 is 0 Å². The van der Waals surface area contributed by atoms with Crippen molar-refractivity contribution in [2.24, 2.45) is 0 Å². The number of amides is 1. The van der Waals surface area contributed by atoms with Gasteiger partial charge in [0.25, 0.3) is 0 Å². The molecule has 2 fully saturated rings. The minimum absolute atomic E-state index is 0.126. The summed E-state index contributed by atoms with van der Waals surface area (Å²) < 4.78 is 14.4. The summed E-state index contributed by atoms with van der Waals surface area (Å²) in [6.07, 6.45) is 3.87. The van der Waals surface area contributed by atoms with E-state index in [9.17, 15) is 9.18 Å². The number of halogens is 1. The number of aryl methyl sites for hydroxylation is 1. The molecule has 3 nitrogen and oxygen atoms in total.